The highest BCUT2D eigenvalue weighted by Gasteiger charge is 2.58. The minimum Gasteiger partial charge on any atom is -0.207 e. The first-order valence-electron chi connectivity index (χ1n) is 7.35. The standard InChI is InChI=1S/C14H18F2N4O2S/c1-3-13(19-23(21,22)11-8-17-20(2)18-11)9-12(10-13)4-6-14(15,16)7-5-12/h1,8,19H,4-7,9-10H2,2H3. The summed E-state index contributed by atoms with van der Waals surface area (Å²) in [6.45, 7) is 0. The van der Waals surface area contributed by atoms with Gasteiger partial charge < -0.3 is 0 Å². The normalized spacial score (nSPS) is 24.8. The fraction of sp³-hybridized carbons (Fsp3) is 0.714. The molecule has 1 spiro atoms. The van der Waals surface area contributed by atoms with E-state index in [0.29, 0.717) is 25.7 Å². The Kier molecular flexibility index (Phi) is 3.54. The smallest absolute Gasteiger partial charge is 0.207 e. The molecule has 126 valence electrons. The van der Waals surface area contributed by atoms with E-state index in [1.165, 1.54) is 7.05 Å². The van der Waals surface area contributed by atoms with Crippen LogP contribution >= 0.6 is 0 Å². The van der Waals surface area contributed by atoms with Gasteiger partial charge in [0, 0.05) is 19.9 Å². The second-order valence-corrected chi connectivity index (χ2v) is 8.34. The molecule has 6 nitrogen and oxygen atoms in total. The van der Waals surface area contributed by atoms with Crippen LogP contribution in [-0.2, 0) is 17.1 Å². The number of aryl methyl sites for hydroxylation is 1. The number of hydrogen-bond acceptors (Lipinski definition) is 4. The van der Waals surface area contributed by atoms with E-state index in [1.807, 2.05) is 0 Å². The molecule has 9 heteroatoms. The molecule has 2 aliphatic rings. The first-order valence-corrected chi connectivity index (χ1v) is 8.84. The molecule has 0 aliphatic heterocycles. The van der Waals surface area contributed by atoms with Gasteiger partial charge in [0.2, 0.25) is 10.9 Å². The lowest BCUT2D eigenvalue weighted by molar-refractivity contribution is -0.101. The zero-order valence-corrected chi connectivity index (χ0v) is 13.5. The van der Waals surface area contributed by atoms with E-state index in [1.54, 1.807) is 0 Å². The fourth-order valence-electron chi connectivity index (χ4n) is 3.69. The van der Waals surface area contributed by atoms with Crippen LogP contribution in [0.25, 0.3) is 0 Å². The van der Waals surface area contributed by atoms with Gasteiger partial charge in [0.15, 0.2) is 0 Å². The third kappa shape index (κ3) is 2.97. The second kappa shape index (κ2) is 4.98. The Morgan fingerprint density at radius 1 is 1.30 bits per heavy atom. The lowest BCUT2D eigenvalue weighted by Crippen LogP contribution is -2.62. The number of alkyl halides is 2. The predicted molar refractivity (Wildman–Crippen MR) is 78.0 cm³/mol. The summed E-state index contributed by atoms with van der Waals surface area (Å²) >= 11 is 0. The maximum atomic E-state index is 13.3. The first-order chi connectivity index (χ1) is 10.6. The Morgan fingerprint density at radius 3 is 2.39 bits per heavy atom. The summed E-state index contributed by atoms with van der Waals surface area (Å²) in [5, 5.41) is 7.30. The average molecular weight is 344 g/mol. The van der Waals surface area contributed by atoms with Crippen molar-refractivity contribution in [1.82, 2.24) is 19.7 Å². The van der Waals surface area contributed by atoms with Crippen LogP contribution in [0.4, 0.5) is 8.78 Å². The molecule has 3 rings (SSSR count). The molecule has 0 amide bonds. The van der Waals surface area contributed by atoms with E-state index >= 15 is 0 Å². The molecule has 0 atom stereocenters. The highest BCUT2D eigenvalue weighted by atomic mass is 32.2. The largest absolute Gasteiger partial charge is 0.262 e. The van der Waals surface area contributed by atoms with Crippen LogP contribution in [-0.4, -0.2) is 34.9 Å². The molecule has 2 saturated carbocycles. The Balaban J connectivity index is 1.72. The van der Waals surface area contributed by atoms with Gasteiger partial charge in [-0.15, -0.1) is 11.5 Å². The van der Waals surface area contributed by atoms with Crippen molar-refractivity contribution in [2.45, 2.75) is 55.0 Å². The third-order valence-electron chi connectivity index (χ3n) is 4.86. The number of nitrogens with zero attached hydrogens (tertiary/aromatic N) is 3. The van der Waals surface area contributed by atoms with Crippen LogP contribution in [0.2, 0.25) is 0 Å². The van der Waals surface area contributed by atoms with Gasteiger partial charge in [0.05, 0.1) is 11.7 Å². The van der Waals surface area contributed by atoms with Crippen molar-refractivity contribution in [3.63, 3.8) is 0 Å². The van der Waals surface area contributed by atoms with E-state index < -0.39 is 21.5 Å². The average Bonchev–Trinajstić information content (AvgIpc) is 2.87. The third-order valence-corrected chi connectivity index (χ3v) is 6.25. The van der Waals surface area contributed by atoms with Crippen LogP contribution < -0.4 is 4.72 Å². The summed E-state index contributed by atoms with van der Waals surface area (Å²) in [7, 11) is -2.37. The summed E-state index contributed by atoms with van der Waals surface area (Å²) in [5.41, 5.74) is -1.30. The lowest BCUT2D eigenvalue weighted by atomic mass is 9.52. The maximum Gasteiger partial charge on any atom is 0.262 e. The monoisotopic (exact) mass is 344 g/mol. The zero-order valence-electron chi connectivity index (χ0n) is 12.7. The van der Waals surface area contributed by atoms with Crippen molar-refractivity contribution in [3.8, 4) is 12.3 Å². The molecule has 2 fully saturated rings. The second-order valence-electron chi connectivity index (χ2n) is 6.71. The molecule has 0 unspecified atom stereocenters. The summed E-state index contributed by atoms with van der Waals surface area (Å²) in [6, 6.07) is 0. The molecule has 0 radical (unpaired) electrons. The molecule has 23 heavy (non-hydrogen) atoms. The van der Waals surface area contributed by atoms with Gasteiger partial charge >= 0.3 is 0 Å². The number of rotatable bonds is 3. The fourth-order valence-corrected chi connectivity index (χ4v) is 4.93. The number of hydrogen-bond donors (Lipinski definition) is 1. The highest BCUT2D eigenvalue weighted by molar-refractivity contribution is 7.89. The number of nitrogens with one attached hydrogen (secondary N) is 1. The van der Waals surface area contributed by atoms with E-state index in [0.717, 1.165) is 11.0 Å². The number of terminal acetylenes is 1. The minimum absolute atomic E-state index is 0.162. The topological polar surface area (TPSA) is 76.9 Å². The summed E-state index contributed by atoms with van der Waals surface area (Å²) in [6.07, 6.45) is 7.86. The van der Waals surface area contributed by atoms with Gasteiger partial charge in [-0.25, -0.2) is 17.2 Å². The van der Waals surface area contributed by atoms with Gasteiger partial charge in [-0.2, -0.15) is 14.6 Å². The first kappa shape index (κ1) is 16.3. The van der Waals surface area contributed by atoms with E-state index in [9.17, 15) is 17.2 Å². The van der Waals surface area contributed by atoms with Crippen molar-refractivity contribution < 1.29 is 17.2 Å². The molecule has 0 bridgehead atoms. The molecule has 1 heterocycles. The molecule has 1 aromatic rings. The summed E-state index contributed by atoms with van der Waals surface area (Å²) < 4.78 is 53.8. The van der Waals surface area contributed by atoms with E-state index in [-0.39, 0.29) is 23.3 Å². The van der Waals surface area contributed by atoms with Crippen LogP contribution in [0.3, 0.4) is 0 Å². The SMILES string of the molecule is C#CC1(NS(=O)(=O)c2cnn(C)n2)CC2(CCC(F)(F)CC2)C1. The number of halogens is 2. The zero-order chi connectivity index (χ0) is 16.9. The maximum absolute atomic E-state index is 13.3. The molecular weight excluding hydrogens is 326 g/mol. The van der Waals surface area contributed by atoms with Gasteiger partial charge in [-0.3, -0.25) is 0 Å². The molecular formula is C14H18F2N4O2S. The molecule has 1 aromatic heterocycles. The lowest BCUT2D eigenvalue weighted by Gasteiger charge is -2.56. The van der Waals surface area contributed by atoms with Crippen molar-refractivity contribution in [2.75, 3.05) is 0 Å². The predicted octanol–water partition coefficient (Wildman–Crippen LogP) is 1.45. The van der Waals surface area contributed by atoms with Crippen molar-refractivity contribution in [3.05, 3.63) is 6.20 Å². The summed E-state index contributed by atoms with van der Waals surface area (Å²) in [5.74, 6) is -0.105. The minimum atomic E-state index is -3.88. The van der Waals surface area contributed by atoms with E-state index in [4.69, 9.17) is 6.42 Å². The van der Waals surface area contributed by atoms with Gasteiger partial charge in [-0.05, 0) is 31.1 Å². The molecule has 1 N–H and O–H groups in total. The van der Waals surface area contributed by atoms with Gasteiger partial charge in [0.25, 0.3) is 10.0 Å². The van der Waals surface area contributed by atoms with Crippen LogP contribution in [0.5, 0.6) is 0 Å². The number of aromatic nitrogens is 3. The number of sulfonamides is 1. The van der Waals surface area contributed by atoms with Gasteiger partial charge in [-0.1, -0.05) is 5.92 Å². The van der Waals surface area contributed by atoms with Crippen LogP contribution in [0.1, 0.15) is 38.5 Å². The van der Waals surface area contributed by atoms with Crippen molar-refractivity contribution >= 4 is 10.0 Å². The van der Waals surface area contributed by atoms with Crippen LogP contribution in [0.15, 0.2) is 11.2 Å². The summed E-state index contributed by atoms with van der Waals surface area (Å²) in [4.78, 5) is 1.14. The molecule has 2 aliphatic carbocycles. The Labute approximate surface area is 133 Å². The Morgan fingerprint density at radius 2 is 1.91 bits per heavy atom. The Bertz CT molecular complexity index is 748. The van der Waals surface area contributed by atoms with Crippen LogP contribution in [0, 0.1) is 17.8 Å². The van der Waals surface area contributed by atoms with Gasteiger partial charge in [0.1, 0.15) is 0 Å². The van der Waals surface area contributed by atoms with Crippen molar-refractivity contribution in [1.29, 1.82) is 0 Å². The van der Waals surface area contributed by atoms with E-state index in [2.05, 4.69) is 20.8 Å². The molecule has 0 aromatic carbocycles. The molecule has 0 saturated heterocycles. The Hall–Kier alpha value is -1.53. The highest BCUT2D eigenvalue weighted by Crippen LogP contribution is 2.59. The quantitative estimate of drug-likeness (QED) is 0.842. The van der Waals surface area contributed by atoms with Crippen molar-refractivity contribution in [2.24, 2.45) is 12.5 Å².